The van der Waals surface area contributed by atoms with Crippen LogP contribution in [-0.2, 0) is 12.8 Å². The minimum Gasteiger partial charge on any atom is -0.261 e. The summed E-state index contributed by atoms with van der Waals surface area (Å²) < 4.78 is 0. The Morgan fingerprint density at radius 1 is 0.786 bits per heavy atom. The molecule has 0 saturated carbocycles. The van der Waals surface area contributed by atoms with Crippen molar-refractivity contribution in [2.45, 2.75) is 12.8 Å². The molecule has 1 aliphatic heterocycles. The van der Waals surface area contributed by atoms with Gasteiger partial charge in [0.15, 0.2) is 0 Å². The quantitative estimate of drug-likeness (QED) is 0.528. The number of fused-ring (bicyclic) bond motifs is 4. The maximum Gasteiger partial charge on any atom is 0.0649 e. The first-order chi connectivity index (χ1) is 6.90. The summed E-state index contributed by atoms with van der Waals surface area (Å²) in [6, 6.07) is 6.11. The molecule has 3 heterocycles. The molecular formula is C11H9N3. The van der Waals surface area contributed by atoms with E-state index in [9.17, 15) is 0 Å². The van der Waals surface area contributed by atoms with Crippen molar-refractivity contribution in [1.82, 2.24) is 15.0 Å². The van der Waals surface area contributed by atoms with Crippen molar-refractivity contribution in [3.05, 3.63) is 53.4 Å². The Kier molecular flexibility index (Phi) is 1.56. The molecule has 68 valence electrons. The number of rotatable bonds is 0. The largest absolute Gasteiger partial charge is 0.261 e. The number of nitrogens with zero attached hydrogens (tertiary/aromatic N) is 3. The zero-order chi connectivity index (χ0) is 9.38. The van der Waals surface area contributed by atoms with Crippen molar-refractivity contribution < 1.29 is 0 Å². The van der Waals surface area contributed by atoms with Crippen LogP contribution in [0.25, 0.3) is 0 Å². The maximum absolute atomic E-state index is 4.53. The van der Waals surface area contributed by atoms with Crippen molar-refractivity contribution in [1.29, 1.82) is 0 Å². The summed E-state index contributed by atoms with van der Waals surface area (Å²) in [6.45, 7) is 0. The van der Waals surface area contributed by atoms with Gasteiger partial charge in [0.05, 0.1) is 11.4 Å². The van der Waals surface area contributed by atoms with E-state index in [4.69, 9.17) is 0 Å². The highest BCUT2D eigenvalue weighted by atomic mass is 14.8. The number of aromatic nitrogens is 3. The van der Waals surface area contributed by atoms with E-state index in [1.165, 1.54) is 0 Å². The second-order valence-corrected chi connectivity index (χ2v) is 3.48. The molecule has 0 amide bonds. The van der Waals surface area contributed by atoms with Gasteiger partial charge in [-0.2, -0.15) is 0 Å². The van der Waals surface area contributed by atoms with Gasteiger partial charge in [0.25, 0.3) is 0 Å². The predicted octanol–water partition coefficient (Wildman–Crippen LogP) is 1.37. The van der Waals surface area contributed by atoms with Crippen LogP contribution in [0.5, 0.6) is 0 Å². The van der Waals surface area contributed by atoms with Crippen LogP contribution in [-0.4, -0.2) is 15.0 Å². The van der Waals surface area contributed by atoms with Crippen molar-refractivity contribution in [3.63, 3.8) is 0 Å². The van der Waals surface area contributed by atoms with Crippen LogP contribution in [0, 0.1) is 0 Å². The Labute approximate surface area is 81.9 Å². The number of pyridine rings is 1. The molecule has 2 aromatic rings. The van der Waals surface area contributed by atoms with Gasteiger partial charge < -0.3 is 0 Å². The summed E-state index contributed by atoms with van der Waals surface area (Å²) in [5.41, 5.74) is 4.17. The third-order valence-corrected chi connectivity index (χ3v) is 2.32. The lowest BCUT2D eigenvalue weighted by Crippen LogP contribution is -2.06. The molecule has 1 aliphatic rings. The van der Waals surface area contributed by atoms with Crippen LogP contribution in [0.3, 0.4) is 0 Å². The zero-order valence-electron chi connectivity index (χ0n) is 7.64. The van der Waals surface area contributed by atoms with Gasteiger partial charge in [0.2, 0.25) is 0 Å². The molecule has 0 spiro atoms. The second-order valence-electron chi connectivity index (χ2n) is 3.48. The van der Waals surface area contributed by atoms with Crippen LogP contribution in [0.1, 0.15) is 22.8 Å². The van der Waals surface area contributed by atoms with Gasteiger partial charge in [-0.05, 0) is 12.1 Å². The van der Waals surface area contributed by atoms with E-state index in [-0.39, 0.29) is 0 Å². The highest BCUT2D eigenvalue weighted by Gasteiger charge is 2.08. The highest BCUT2D eigenvalue weighted by molar-refractivity contribution is 5.22. The highest BCUT2D eigenvalue weighted by Crippen LogP contribution is 2.12. The third-order valence-electron chi connectivity index (χ3n) is 2.32. The van der Waals surface area contributed by atoms with Crippen LogP contribution in [0.4, 0.5) is 0 Å². The van der Waals surface area contributed by atoms with Crippen molar-refractivity contribution >= 4 is 0 Å². The van der Waals surface area contributed by atoms with Crippen molar-refractivity contribution in [2.24, 2.45) is 0 Å². The molecule has 0 N–H and O–H groups in total. The Morgan fingerprint density at radius 3 is 2.00 bits per heavy atom. The molecule has 3 nitrogen and oxygen atoms in total. The summed E-state index contributed by atoms with van der Waals surface area (Å²) in [7, 11) is 0. The smallest absolute Gasteiger partial charge is 0.0649 e. The summed E-state index contributed by atoms with van der Waals surface area (Å²) in [5.74, 6) is 0. The summed E-state index contributed by atoms with van der Waals surface area (Å²) in [5, 5.41) is 0. The fourth-order valence-electron chi connectivity index (χ4n) is 1.72. The summed E-state index contributed by atoms with van der Waals surface area (Å²) in [6.07, 6.45) is 5.19. The summed E-state index contributed by atoms with van der Waals surface area (Å²) >= 11 is 0. The predicted molar refractivity (Wildman–Crippen MR) is 51.9 cm³/mol. The SMILES string of the molecule is c1cc2nc(c1)Cc1cncc(n1)C2. The van der Waals surface area contributed by atoms with Gasteiger partial charge in [-0.1, -0.05) is 6.07 Å². The average Bonchev–Trinajstić information content (AvgIpc) is 2.17. The van der Waals surface area contributed by atoms with E-state index in [2.05, 4.69) is 21.0 Å². The molecule has 0 fully saturated rings. The lowest BCUT2D eigenvalue weighted by Gasteiger charge is -2.09. The first-order valence-corrected chi connectivity index (χ1v) is 4.65. The third kappa shape index (κ3) is 1.27. The van der Waals surface area contributed by atoms with Gasteiger partial charge in [-0.25, -0.2) is 0 Å². The topological polar surface area (TPSA) is 38.7 Å². The van der Waals surface area contributed by atoms with E-state index in [1.54, 1.807) is 0 Å². The molecule has 2 aromatic heterocycles. The molecule has 4 bridgehead atoms. The minimum absolute atomic E-state index is 0.786. The van der Waals surface area contributed by atoms with Crippen LogP contribution >= 0.6 is 0 Å². The van der Waals surface area contributed by atoms with E-state index in [1.807, 2.05) is 24.5 Å². The molecule has 0 aliphatic carbocycles. The van der Waals surface area contributed by atoms with E-state index < -0.39 is 0 Å². The molecule has 0 unspecified atom stereocenters. The molecule has 0 aromatic carbocycles. The lowest BCUT2D eigenvalue weighted by molar-refractivity contribution is 0.872. The first kappa shape index (κ1) is 7.62. The molecule has 3 heteroatoms. The Hall–Kier alpha value is -1.77. The monoisotopic (exact) mass is 183 g/mol. The molecule has 0 atom stereocenters. The van der Waals surface area contributed by atoms with E-state index >= 15 is 0 Å². The Balaban J connectivity index is 2.17. The van der Waals surface area contributed by atoms with Gasteiger partial charge in [-0.3, -0.25) is 15.0 Å². The van der Waals surface area contributed by atoms with Crippen molar-refractivity contribution in [2.75, 3.05) is 0 Å². The van der Waals surface area contributed by atoms with E-state index in [0.29, 0.717) is 0 Å². The van der Waals surface area contributed by atoms with Gasteiger partial charge in [0, 0.05) is 36.6 Å². The minimum atomic E-state index is 0.786. The van der Waals surface area contributed by atoms with E-state index in [0.717, 1.165) is 35.6 Å². The van der Waals surface area contributed by atoms with Crippen molar-refractivity contribution in [3.8, 4) is 0 Å². The Morgan fingerprint density at radius 2 is 1.36 bits per heavy atom. The lowest BCUT2D eigenvalue weighted by atomic mass is 10.1. The maximum atomic E-state index is 4.53. The number of hydrogen-bond donors (Lipinski definition) is 0. The van der Waals surface area contributed by atoms with Gasteiger partial charge >= 0.3 is 0 Å². The van der Waals surface area contributed by atoms with Gasteiger partial charge in [-0.15, -0.1) is 0 Å². The van der Waals surface area contributed by atoms with Crippen LogP contribution in [0.2, 0.25) is 0 Å². The molecule has 0 saturated heterocycles. The number of hydrogen-bond acceptors (Lipinski definition) is 3. The molecular weight excluding hydrogens is 174 g/mol. The summed E-state index contributed by atoms with van der Waals surface area (Å²) in [4.78, 5) is 13.2. The molecule has 3 rings (SSSR count). The Bertz CT molecular complexity index is 399. The van der Waals surface area contributed by atoms with Crippen LogP contribution < -0.4 is 0 Å². The second kappa shape index (κ2) is 2.87. The molecule has 0 radical (unpaired) electrons. The zero-order valence-corrected chi connectivity index (χ0v) is 7.64. The van der Waals surface area contributed by atoms with Crippen LogP contribution in [0.15, 0.2) is 30.6 Å². The fourth-order valence-corrected chi connectivity index (χ4v) is 1.72. The average molecular weight is 183 g/mol. The fraction of sp³-hybridized carbons (Fsp3) is 0.182. The standard InChI is InChI=1S/C11H9N3/c1-2-8-4-10-6-12-7-11(14-10)5-9(3-1)13-8/h1-3,6-7H,4-5H2. The first-order valence-electron chi connectivity index (χ1n) is 4.65. The van der Waals surface area contributed by atoms with Gasteiger partial charge in [0.1, 0.15) is 0 Å². The normalized spacial score (nSPS) is 13.1. The molecule has 14 heavy (non-hydrogen) atoms.